The summed E-state index contributed by atoms with van der Waals surface area (Å²) in [4.78, 5) is 15.8. The summed E-state index contributed by atoms with van der Waals surface area (Å²) in [5.74, 6) is 0.0306. The molecular weight excluding hydrogens is 446 g/mol. The first kappa shape index (κ1) is 24.1. The van der Waals surface area contributed by atoms with Gasteiger partial charge in [-0.15, -0.1) is 0 Å². The predicted octanol–water partition coefficient (Wildman–Crippen LogP) is 4.37. The van der Waals surface area contributed by atoms with Crippen LogP contribution in [0, 0.1) is 12.8 Å². The molecule has 2 atom stereocenters. The number of likely N-dealkylation sites (tertiary alicyclic amines) is 1. The van der Waals surface area contributed by atoms with Crippen molar-refractivity contribution in [3.8, 4) is 0 Å². The van der Waals surface area contributed by atoms with E-state index in [4.69, 9.17) is 0 Å². The van der Waals surface area contributed by atoms with Gasteiger partial charge >= 0.3 is 0 Å². The summed E-state index contributed by atoms with van der Waals surface area (Å²) in [6.45, 7) is 3.69. The zero-order valence-electron chi connectivity index (χ0n) is 19.4. The summed E-state index contributed by atoms with van der Waals surface area (Å²) in [7, 11) is -3.57. The first-order valence-corrected chi connectivity index (χ1v) is 13.1. The lowest BCUT2D eigenvalue weighted by atomic mass is 9.94. The number of benzene rings is 3. The third-order valence-electron chi connectivity index (χ3n) is 6.21. The number of sulfonamides is 1. The lowest BCUT2D eigenvalue weighted by Crippen LogP contribution is -2.45. The number of carbonyl (C=O) groups excluding carboxylic acids is 1. The lowest BCUT2D eigenvalue weighted by Gasteiger charge is -2.37. The number of hydrogen-bond donors (Lipinski definition) is 2. The molecular formula is C27H31N3O3S. The Morgan fingerprint density at radius 2 is 1.62 bits per heavy atom. The number of aryl methyl sites for hydroxylation is 1. The molecule has 0 bridgehead atoms. The molecule has 3 aromatic rings. The number of nitrogens with zero attached hydrogens (tertiary/aromatic N) is 1. The van der Waals surface area contributed by atoms with Crippen LogP contribution >= 0.6 is 0 Å². The van der Waals surface area contributed by atoms with Crippen LogP contribution in [0.25, 0.3) is 0 Å². The minimum atomic E-state index is -3.57. The van der Waals surface area contributed by atoms with Crippen molar-refractivity contribution in [1.82, 2.24) is 9.62 Å². The molecule has 1 fully saturated rings. The Morgan fingerprint density at radius 3 is 2.29 bits per heavy atom. The fraction of sp³-hybridized carbons (Fsp3) is 0.296. The second-order valence-corrected chi connectivity index (χ2v) is 10.6. The van der Waals surface area contributed by atoms with Crippen LogP contribution in [-0.4, -0.2) is 38.9 Å². The zero-order chi connectivity index (χ0) is 24.0. The highest BCUT2D eigenvalue weighted by atomic mass is 32.2. The predicted molar refractivity (Wildman–Crippen MR) is 135 cm³/mol. The maximum absolute atomic E-state index is 13.4. The Bertz CT molecular complexity index is 1180. The van der Waals surface area contributed by atoms with Crippen molar-refractivity contribution in [2.24, 2.45) is 5.92 Å². The van der Waals surface area contributed by atoms with E-state index in [2.05, 4.69) is 14.9 Å². The molecule has 1 amide bonds. The minimum Gasteiger partial charge on any atom is -0.324 e. The van der Waals surface area contributed by atoms with Gasteiger partial charge in [0.2, 0.25) is 15.9 Å². The Labute approximate surface area is 202 Å². The van der Waals surface area contributed by atoms with Crippen LogP contribution in [0.3, 0.4) is 0 Å². The van der Waals surface area contributed by atoms with E-state index in [0.29, 0.717) is 13.1 Å². The number of rotatable bonds is 8. The third-order valence-corrected chi connectivity index (χ3v) is 7.65. The van der Waals surface area contributed by atoms with Gasteiger partial charge in [0, 0.05) is 18.8 Å². The van der Waals surface area contributed by atoms with E-state index in [1.807, 2.05) is 67.6 Å². The van der Waals surface area contributed by atoms with E-state index < -0.39 is 16.1 Å². The van der Waals surface area contributed by atoms with Gasteiger partial charge in [-0.2, -0.15) is 0 Å². The van der Waals surface area contributed by atoms with Crippen LogP contribution in [-0.2, 0) is 14.8 Å². The van der Waals surface area contributed by atoms with Gasteiger partial charge in [-0.1, -0.05) is 66.2 Å². The Morgan fingerprint density at radius 1 is 0.971 bits per heavy atom. The summed E-state index contributed by atoms with van der Waals surface area (Å²) in [5, 5.41) is 3.04. The molecule has 34 heavy (non-hydrogen) atoms. The molecule has 0 aliphatic carbocycles. The number of anilines is 1. The maximum Gasteiger partial charge on any atom is 0.246 e. The minimum absolute atomic E-state index is 0.0849. The number of para-hydroxylation sites is 1. The topological polar surface area (TPSA) is 78.5 Å². The molecule has 4 rings (SSSR count). The van der Waals surface area contributed by atoms with Crippen LogP contribution in [0.1, 0.15) is 30.0 Å². The van der Waals surface area contributed by atoms with Gasteiger partial charge in [-0.05, 0) is 62.1 Å². The fourth-order valence-electron chi connectivity index (χ4n) is 4.42. The van der Waals surface area contributed by atoms with Crippen molar-refractivity contribution in [3.63, 3.8) is 0 Å². The van der Waals surface area contributed by atoms with E-state index >= 15 is 0 Å². The second-order valence-electron chi connectivity index (χ2n) is 8.84. The molecule has 1 aliphatic rings. The molecule has 0 saturated carbocycles. The first-order valence-electron chi connectivity index (χ1n) is 11.6. The quantitative estimate of drug-likeness (QED) is 0.505. The zero-order valence-corrected chi connectivity index (χ0v) is 20.2. The fourth-order valence-corrected chi connectivity index (χ4v) is 5.54. The highest BCUT2D eigenvalue weighted by molar-refractivity contribution is 7.89. The molecule has 178 valence electrons. The number of amides is 1. The van der Waals surface area contributed by atoms with Crippen molar-refractivity contribution in [2.75, 3.05) is 25.0 Å². The highest BCUT2D eigenvalue weighted by Gasteiger charge is 2.32. The first-order chi connectivity index (χ1) is 16.4. The van der Waals surface area contributed by atoms with E-state index in [9.17, 15) is 13.2 Å². The molecule has 6 nitrogen and oxygen atoms in total. The molecule has 7 heteroatoms. The van der Waals surface area contributed by atoms with Gasteiger partial charge in [0.25, 0.3) is 0 Å². The molecule has 3 aromatic carbocycles. The molecule has 2 N–H and O–H groups in total. The summed E-state index contributed by atoms with van der Waals surface area (Å²) in [5.41, 5.74) is 2.70. The molecule has 1 heterocycles. The summed E-state index contributed by atoms with van der Waals surface area (Å²) >= 11 is 0. The van der Waals surface area contributed by atoms with Crippen LogP contribution in [0.15, 0.2) is 89.8 Å². The number of hydrogen-bond acceptors (Lipinski definition) is 4. The van der Waals surface area contributed by atoms with Crippen LogP contribution in [0.2, 0.25) is 0 Å². The van der Waals surface area contributed by atoms with Gasteiger partial charge in [-0.3, -0.25) is 9.69 Å². The van der Waals surface area contributed by atoms with Gasteiger partial charge in [0.15, 0.2) is 0 Å². The van der Waals surface area contributed by atoms with Gasteiger partial charge < -0.3 is 5.32 Å². The van der Waals surface area contributed by atoms with Crippen LogP contribution in [0.4, 0.5) is 5.69 Å². The van der Waals surface area contributed by atoms with Crippen molar-refractivity contribution in [3.05, 3.63) is 96.1 Å². The van der Waals surface area contributed by atoms with Gasteiger partial charge in [0.1, 0.15) is 6.04 Å². The van der Waals surface area contributed by atoms with Crippen LogP contribution in [0.5, 0.6) is 0 Å². The van der Waals surface area contributed by atoms with E-state index in [1.165, 1.54) is 0 Å². The smallest absolute Gasteiger partial charge is 0.246 e. The molecule has 1 aliphatic heterocycles. The second kappa shape index (κ2) is 11.0. The molecule has 0 radical (unpaired) electrons. The van der Waals surface area contributed by atoms with Gasteiger partial charge in [-0.25, -0.2) is 13.1 Å². The normalized spacial score (nSPS) is 17.7. The standard InChI is InChI=1S/C27H31N3O3S/c1-21-14-16-25(17-15-21)34(32,33)28-19-22-9-8-18-30(20-22)26(23-10-4-2-5-11-23)27(31)29-24-12-6-3-7-13-24/h2-7,10-17,22,26,28H,8-9,18-20H2,1H3,(H,29,31). The number of carbonyl (C=O) groups is 1. The molecule has 1 saturated heterocycles. The Balaban J connectivity index is 1.47. The Hall–Kier alpha value is -3.00. The summed E-state index contributed by atoms with van der Waals surface area (Å²) in [6.07, 6.45) is 1.81. The van der Waals surface area contributed by atoms with Crippen molar-refractivity contribution >= 4 is 21.6 Å². The average Bonchev–Trinajstić information content (AvgIpc) is 2.85. The molecule has 0 aromatic heterocycles. The summed E-state index contributed by atoms with van der Waals surface area (Å²) < 4.78 is 28.3. The number of piperidine rings is 1. The van der Waals surface area contributed by atoms with Crippen molar-refractivity contribution in [2.45, 2.75) is 30.7 Å². The largest absolute Gasteiger partial charge is 0.324 e. The monoisotopic (exact) mass is 477 g/mol. The van der Waals surface area contributed by atoms with Crippen molar-refractivity contribution < 1.29 is 13.2 Å². The van der Waals surface area contributed by atoms with Crippen LogP contribution < -0.4 is 10.0 Å². The maximum atomic E-state index is 13.4. The van der Waals surface area contributed by atoms with Gasteiger partial charge in [0.05, 0.1) is 4.90 Å². The van der Waals surface area contributed by atoms with E-state index in [0.717, 1.165) is 36.2 Å². The third kappa shape index (κ3) is 6.11. The Kier molecular flexibility index (Phi) is 7.77. The number of nitrogens with one attached hydrogen (secondary N) is 2. The molecule has 0 spiro atoms. The van der Waals surface area contributed by atoms with Crippen molar-refractivity contribution in [1.29, 1.82) is 0 Å². The van der Waals surface area contributed by atoms with E-state index in [1.54, 1.807) is 24.3 Å². The van der Waals surface area contributed by atoms with E-state index in [-0.39, 0.29) is 16.7 Å². The molecule has 2 unspecified atom stereocenters. The average molecular weight is 478 g/mol. The lowest BCUT2D eigenvalue weighted by molar-refractivity contribution is -0.122. The SMILES string of the molecule is Cc1ccc(S(=O)(=O)NCC2CCCN(C(C(=O)Nc3ccccc3)c3ccccc3)C2)cc1. The highest BCUT2D eigenvalue weighted by Crippen LogP contribution is 2.28. The summed E-state index contributed by atoms with van der Waals surface area (Å²) in [6, 6.07) is 25.6.